The Labute approximate surface area is 390 Å². The van der Waals surface area contributed by atoms with E-state index in [-0.39, 0.29) is 65.9 Å². The summed E-state index contributed by atoms with van der Waals surface area (Å²) in [5, 5.41) is 69.9. The van der Waals surface area contributed by atoms with E-state index < -0.39 is 85.2 Å². The van der Waals surface area contributed by atoms with Gasteiger partial charge in [0.15, 0.2) is 0 Å². The van der Waals surface area contributed by atoms with Gasteiger partial charge in [0.1, 0.15) is 31.6 Å². The fourth-order valence-corrected chi connectivity index (χ4v) is 7.82. The van der Waals surface area contributed by atoms with E-state index >= 15 is 0 Å². The Bertz CT molecular complexity index is 3480. The molecule has 2 heterocycles. The first kappa shape index (κ1) is 48.3. The van der Waals surface area contributed by atoms with Crippen LogP contribution in [-0.4, -0.2) is 45.2 Å². The molecule has 339 valence electrons. The molecule has 0 N–H and O–H groups in total. The number of fused-ring (bicyclic) bond motifs is 2. The molecule has 2 aromatic heterocycles. The van der Waals surface area contributed by atoms with Gasteiger partial charge in [-0.1, -0.05) is 61.7 Å². The van der Waals surface area contributed by atoms with Gasteiger partial charge >= 0.3 is 21.6 Å². The van der Waals surface area contributed by atoms with Crippen LogP contribution in [0.1, 0.15) is 15.7 Å². The molecular formula is C40H27CrN10O14S2. The zero-order valence-corrected chi connectivity index (χ0v) is 36.7. The van der Waals surface area contributed by atoms with Crippen LogP contribution in [0.3, 0.4) is 0 Å². The number of non-ortho nitro benzene ring substituents is 2. The van der Waals surface area contributed by atoms with Crippen LogP contribution in [0.2, 0.25) is 0 Å². The molecule has 8 rings (SSSR count). The normalized spacial score (nSPS) is 11.8. The number of para-hydroxylation sites is 2. The van der Waals surface area contributed by atoms with Crippen molar-refractivity contribution in [1.29, 1.82) is 0 Å². The van der Waals surface area contributed by atoms with Crippen LogP contribution in [0.25, 0.3) is 32.9 Å². The van der Waals surface area contributed by atoms with Crippen molar-refractivity contribution in [3.63, 3.8) is 0 Å². The topological polar surface area (TPSA) is 368 Å². The van der Waals surface area contributed by atoms with Crippen molar-refractivity contribution in [1.82, 2.24) is 19.6 Å². The molecule has 1 radical (unpaired) electrons. The number of rotatable bonds is 10. The van der Waals surface area contributed by atoms with Crippen molar-refractivity contribution in [3.05, 3.63) is 162 Å². The van der Waals surface area contributed by atoms with E-state index in [0.29, 0.717) is 23.5 Å². The second-order valence-corrected chi connectivity index (χ2v) is 16.4. The van der Waals surface area contributed by atoms with Crippen LogP contribution < -0.4 is 31.5 Å². The maximum absolute atomic E-state index is 12.7. The van der Waals surface area contributed by atoms with Crippen LogP contribution >= 0.6 is 0 Å². The van der Waals surface area contributed by atoms with Gasteiger partial charge < -0.3 is 38.9 Å². The SMILES string of the molecule is Cc1[n-]n(-c2ccccc2)c(=O)c1N=Nc1c([O-])cc(S(=O)(=O)[O-])c2cc([N+](=O)[O-])ccc12.Cc1[n-]n(-c2ccccc2)c(=O)c1N=Nc1c([O-])cc(S(=O)(=O)[O-])c2cc([N+](=O)[O-])ccc12.[Cr+3].[H+].[H+].[H+]. The second-order valence-electron chi connectivity index (χ2n) is 13.7. The molecule has 0 aliphatic rings. The van der Waals surface area contributed by atoms with Crippen molar-refractivity contribution >= 4 is 75.9 Å². The van der Waals surface area contributed by atoms with Gasteiger partial charge in [0.05, 0.1) is 31.0 Å². The third-order valence-electron chi connectivity index (χ3n) is 9.48. The average Bonchev–Trinajstić information content (AvgIpc) is 3.73. The van der Waals surface area contributed by atoms with Crippen molar-refractivity contribution in [2.75, 3.05) is 0 Å². The van der Waals surface area contributed by atoms with E-state index in [1.807, 2.05) is 0 Å². The van der Waals surface area contributed by atoms with Gasteiger partial charge in [-0.2, -0.15) is 10.2 Å². The van der Waals surface area contributed by atoms with Crippen molar-refractivity contribution in [2.45, 2.75) is 23.6 Å². The number of nitro benzene ring substituents is 2. The van der Waals surface area contributed by atoms with Gasteiger partial charge in [0, 0.05) is 57.2 Å². The Morgan fingerprint density at radius 3 is 1.16 bits per heavy atom. The number of hydrogen-bond donors (Lipinski definition) is 0. The smallest absolute Gasteiger partial charge is 0.871 e. The molecule has 0 unspecified atom stereocenters. The van der Waals surface area contributed by atoms with Crippen LogP contribution in [0, 0.1) is 34.1 Å². The second kappa shape index (κ2) is 18.7. The monoisotopic (exact) mass is 987 g/mol. The standard InChI is InChI=1S/2C20H15N5O7S.Cr/c2*1-11-18(20(27)24(23-11)12-5-3-2-4-6-12)21-22-19-14-8-7-13(25(28)29)9-15(14)17(10-16(19)26)33(30,31)32;/h2*2-10H,1H3,(H3,21,22,23,26,27,30,31,32);/q;;+3/p-3. The average molecular weight is 988 g/mol. The number of azo groups is 2. The van der Waals surface area contributed by atoms with E-state index in [4.69, 9.17) is 0 Å². The Hall–Kier alpha value is -8.19. The molecule has 0 aliphatic heterocycles. The van der Waals surface area contributed by atoms with Crippen LogP contribution in [0.5, 0.6) is 11.5 Å². The molecule has 67 heavy (non-hydrogen) atoms. The molecule has 0 spiro atoms. The molecule has 0 saturated carbocycles. The summed E-state index contributed by atoms with van der Waals surface area (Å²) >= 11 is 0. The molecule has 0 saturated heterocycles. The molecule has 0 atom stereocenters. The predicted octanol–water partition coefficient (Wildman–Crippen LogP) is 5.45. The minimum Gasteiger partial charge on any atom is -0.871 e. The summed E-state index contributed by atoms with van der Waals surface area (Å²) in [6.07, 6.45) is 0. The molecule has 6 aromatic carbocycles. The summed E-state index contributed by atoms with van der Waals surface area (Å²) in [6, 6.07) is 24.0. The molecule has 24 nitrogen and oxygen atoms in total. The summed E-state index contributed by atoms with van der Waals surface area (Å²) < 4.78 is 72.0. The molecule has 0 bridgehead atoms. The molecule has 0 fully saturated rings. The Morgan fingerprint density at radius 1 is 0.522 bits per heavy atom. The van der Waals surface area contributed by atoms with Gasteiger partial charge in [-0.05, 0) is 48.5 Å². The summed E-state index contributed by atoms with van der Waals surface area (Å²) in [5.41, 5.74) is -1.87. The van der Waals surface area contributed by atoms with Crippen LogP contribution in [-0.2, 0) is 37.6 Å². The number of hydrogen-bond acceptors (Lipinski definition) is 18. The summed E-state index contributed by atoms with van der Waals surface area (Å²) in [6.45, 7) is 3.03. The maximum atomic E-state index is 12.7. The Morgan fingerprint density at radius 2 is 0.851 bits per heavy atom. The number of aromatic nitrogens is 4. The fourth-order valence-electron chi connectivity index (χ4n) is 6.44. The fraction of sp³-hybridized carbons (Fsp3) is 0.0500. The van der Waals surface area contributed by atoms with Gasteiger partial charge in [0.2, 0.25) is 0 Å². The summed E-state index contributed by atoms with van der Waals surface area (Å²) in [7, 11) is -10.3. The molecule has 8 aromatic rings. The third kappa shape index (κ3) is 9.76. The van der Waals surface area contributed by atoms with Crippen LogP contribution in [0.15, 0.2) is 149 Å². The van der Waals surface area contributed by atoms with E-state index in [0.717, 1.165) is 45.8 Å². The third-order valence-corrected chi connectivity index (χ3v) is 11.2. The van der Waals surface area contributed by atoms with Crippen molar-refractivity contribution < 1.29 is 67.6 Å². The number of nitrogens with zero attached hydrogens (tertiary/aromatic N) is 10. The number of benzene rings is 6. The van der Waals surface area contributed by atoms with Gasteiger partial charge in [-0.3, -0.25) is 29.8 Å². The maximum Gasteiger partial charge on any atom is 3.00 e. The largest absolute Gasteiger partial charge is 3.00 e. The molecule has 0 aliphatic carbocycles. The summed E-state index contributed by atoms with van der Waals surface area (Å²) in [4.78, 5) is 44.3. The summed E-state index contributed by atoms with van der Waals surface area (Å²) in [5.74, 6) is -1.93. The first-order chi connectivity index (χ1) is 31.1. The molecular weight excluding hydrogens is 961 g/mol. The van der Waals surface area contributed by atoms with Crippen LogP contribution in [0.4, 0.5) is 34.1 Å². The van der Waals surface area contributed by atoms with Gasteiger partial charge in [-0.25, -0.2) is 16.8 Å². The first-order valence-corrected chi connectivity index (χ1v) is 21.2. The van der Waals surface area contributed by atoms with Gasteiger partial charge in [0.25, 0.3) is 22.5 Å². The van der Waals surface area contributed by atoms with Crippen molar-refractivity contribution in [2.24, 2.45) is 20.5 Å². The predicted molar refractivity (Wildman–Crippen MR) is 228 cm³/mol. The zero-order valence-electron chi connectivity index (χ0n) is 36.8. The minimum absolute atomic E-state index is 0. The Balaban J connectivity index is 0.000000350. The number of aryl methyl sites for hydroxylation is 2. The molecule has 27 heteroatoms. The minimum atomic E-state index is -5.13. The van der Waals surface area contributed by atoms with Crippen molar-refractivity contribution in [3.8, 4) is 22.9 Å². The Kier molecular flexibility index (Phi) is 13.5. The molecule has 0 amide bonds. The van der Waals surface area contributed by atoms with E-state index in [9.17, 15) is 66.0 Å². The van der Waals surface area contributed by atoms with E-state index in [1.54, 1.807) is 60.7 Å². The first-order valence-electron chi connectivity index (χ1n) is 18.4. The van der Waals surface area contributed by atoms with E-state index in [1.165, 1.54) is 13.8 Å². The van der Waals surface area contributed by atoms with Gasteiger partial charge in [-0.15, -0.1) is 21.6 Å². The quantitative estimate of drug-likeness (QED) is 0.0711. The van der Waals surface area contributed by atoms with E-state index in [2.05, 4.69) is 30.7 Å². The number of nitro groups is 2. The zero-order chi connectivity index (χ0) is 47.8.